The van der Waals surface area contributed by atoms with Gasteiger partial charge in [0.2, 0.25) is 0 Å². The zero-order valence-electron chi connectivity index (χ0n) is 14.1. The van der Waals surface area contributed by atoms with Crippen molar-refractivity contribution in [1.82, 2.24) is 5.32 Å². The number of carbonyl (C=O) groups is 2. The third-order valence-electron chi connectivity index (χ3n) is 3.65. The molecule has 1 aromatic rings. The molecule has 1 aromatic carbocycles. The first kappa shape index (κ1) is 18.4. The summed E-state index contributed by atoms with van der Waals surface area (Å²) in [5.41, 5.74) is 1.84. The first-order chi connectivity index (χ1) is 10.2. The second-order valence-corrected chi connectivity index (χ2v) is 6.26. The largest absolute Gasteiger partial charge is 0.426 e. The Labute approximate surface area is 134 Å². The molecule has 118 valence electrons. The molecule has 0 aliphatic carbocycles. The zero-order valence-corrected chi connectivity index (χ0v) is 14.1. The number of ether oxygens (including phenoxy) is 1. The van der Waals surface area contributed by atoms with Gasteiger partial charge < -0.3 is 14.8 Å². The molecule has 0 saturated heterocycles. The van der Waals surface area contributed by atoms with Gasteiger partial charge in [-0.05, 0) is 37.4 Å². The van der Waals surface area contributed by atoms with Crippen molar-refractivity contribution in [3.05, 3.63) is 28.8 Å². The van der Waals surface area contributed by atoms with Crippen LogP contribution in [0.2, 0.25) is 0 Å². The summed E-state index contributed by atoms with van der Waals surface area (Å²) in [6.45, 7) is 8.27. The predicted octanol–water partition coefficient (Wildman–Crippen LogP) is 2.18. The monoisotopic (exact) mass is 301 g/mol. The molecule has 1 rings (SSSR count). The van der Waals surface area contributed by atoms with E-state index in [2.05, 4.69) is 5.32 Å². The van der Waals surface area contributed by atoms with E-state index in [1.807, 2.05) is 39.8 Å². The van der Waals surface area contributed by atoms with Crippen LogP contribution in [0.25, 0.3) is 0 Å². The fourth-order valence-corrected chi connectivity index (χ4v) is 2.67. The lowest BCUT2D eigenvalue weighted by Crippen LogP contribution is -2.26. The molecule has 5 heteroatoms. The molecule has 1 N–H and O–H groups in total. The van der Waals surface area contributed by atoms with E-state index in [-0.39, 0.29) is 18.1 Å². The summed E-state index contributed by atoms with van der Waals surface area (Å²) in [6.07, 6.45) is 0.484. The van der Waals surface area contributed by atoms with Crippen LogP contribution in [-0.2, 0) is 15.0 Å². The molecule has 0 fully saturated rings. The number of nitrogens with one attached hydrogen (secondary N) is 1. The van der Waals surface area contributed by atoms with Crippen LogP contribution in [0.4, 0.5) is 0 Å². The normalized spacial score (nSPS) is 11.3. The van der Waals surface area contributed by atoms with Crippen LogP contribution in [0.5, 0.6) is 5.75 Å². The van der Waals surface area contributed by atoms with E-state index in [4.69, 9.17) is 12.6 Å². The maximum atomic E-state index is 12.0. The Bertz CT molecular complexity index is 567. The summed E-state index contributed by atoms with van der Waals surface area (Å²) in [4.78, 5) is 23.3. The lowest BCUT2D eigenvalue weighted by atomic mass is 9.74. The summed E-state index contributed by atoms with van der Waals surface area (Å²) >= 11 is 0. The maximum Gasteiger partial charge on any atom is 0.312 e. The smallest absolute Gasteiger partial charge is 0.312 e. The van der Waals surface area contributed by atoms with Crippen LogP contribution in [-0.4, -0.2) is 33.1 Å². The van der Waals surface area contributed by atoms with Gasteiger partial charge in [-0.2, -0.15) is 0 Å². The van der Waals surface area contributed by atoms with E-state index < -0.39 is 5.41 Å². The van der Waals surface area contributed by atoms with Crippen LogP contribution in [0.3, 0.4) is 0 Å². The fourth-order valence-electron chi connectivity index (χ4n) is 2.67. The molecule has 2 radical (unpaired) electrons. The van der Waals surface area contributed by atoms with Crippen LogP contribution in [0.15, 0.2) is 12.1 Å². The van der Waals surface area contributed by atoms with Gasteiger partial charge in [0, 0.05) is 18.5 Å². The number of carbonyl (C=O) groups excluding carboxylic acids is 2. The molecule has 0 amide bonds. The number of aryl methyl sites for hydroxylation is 2. The molecular formula is C17H24BNO3. The van der Waals surface area contributed by atoms with E-state index in [1.165, 1.54) is 0 Å². The van der Waals surface area contributed by atoms with Gasteiger partial charge >= 0.3 is 5.97 Å². The van der Waals surface area contributed by atoms with Gasteiger partial charge in [-0.3, -0.25) is 4.79 Å². The minimum Gasteiger partial charge on any atom is -0.426 e. The molecule has 0 heterocycles. The third kappa shape index (κ3) is 4.70. The molecule has 0 aromatic heterocycles. The molecule has 0 aliphatic rings. The SMILES string of the molecule is [B]C(=O)CC(C)(C)c1c(C)ccc(C)c1OC(=O)CCNC. The van der Waals surface area contributed by atoms with Gasteiger partial charge in [0.25, 0.3) is 0 Å². The Balaban J connectivity index is 3.23. The number of esters is 1. The molecule has 0 unspecified atom stereocenters. The van der Waals surface area contributed by atoms with E-state index in [9.17, 15) is 9.59 Å². The van der Waals surface area contributed by atoms with Crippen molar-refractivity contribution in [2.75, 3.05) is 13.6 Å². The fraction of sp³-hybridized carbons (Fsp3) is 0.529. The van der Waals surface area contributed by atoms with Crippen molar-refractivity contribution in [2.24, 2.45) is 0 Å². The highest BCUT2D eigenvalue weighted by Crippen LogP contribution is 2.39. The van der Waals surface area contributed by atoms with Gasteiger partial charge in [0.1, 0.15) is 5.75 Å². The minimum absolute atomic E-state index is 0.193. The molecule has 0 aliphatic heterocycles. The van der Waals surface area contributed by atoms with Gasteiger partial charge in [-0.15, -0.1) is 0 Å². The second-order valence-electron chi connectivity index (χ2n) is 6.26. The van der Waals surface area contributed by atoms with E-state index >= 15 is 0 Å². The van der Waals surface area contributed by atoms with E-state index in [0.29, 0.717) is 18.7 Å². The Morgan fingerprint density at radius 3 is 2.36 bits per heavy atom. The van der Waals surface area contributed by atoms with Crippen molar-refractivity contribution in [2.45, 2.75) is 46.0 Å². The van der Waals surface area contributed by atoms with Crippen LogP contribution in [0, 0.1) is 13.8 Å². The summed E-state index contributed by atoms with van der Waals surface area (Å²) < 4.78 is 5.60. The zero-order chi connectivity index (χ0) is 16.9. The third-order valence-corrected chi connectivity index (χ3v) is 3.65. The Kier molecular flexibility index (Phi) is 6.36. The first-order valence-corrected chi connectivity index (χ1v) is 7.43. The lowest BCUT2D eigenvalue weighted by molar-refractivity contribution is -0.134. The van der Waals surface area contributed by atoms with Gasteiger partial charge in [-0.1, -0.05) is 26.0 Å². The topological polar surface area (TPSA) is 55.4 Å². The summed E-state index contributed by atoms with van der Waals surface area (Å²) in [5.74, 6) is 0.256. The predicted molar refractivity (Wildman–Crippen MR) is 88.5 cm³/mol. The summed E-state index contributed by atoms with van der Waals surface area (Å²) in [5, 5.41) is 2.92. The van der Waals surface area contributed by atoms with Crippen LogP contribution < -0.4 is 10.1 Å². The number of hydrogen-bond acceptors (Lipinski definition) is 4. The quantitative estimate of drug-likeness (QED) is 0.476. The number of rotatable bonds is 7. The minimum atomic E-state index is -0.499. The van der Waals surface area contributed by atoms with Gasteiger partial charge in [-0.25, -0.2) is 0 Å². The van der Waals surface area contributed by atoms with Gasteiger partial charge in [0.15, 0.2) is 7.85 Å². The molecule has 0 spiro atoms. The average molecular weight is 301 g/mol. The van der Waals surface area contributed by atoms with Crippen molar-refractivity contribution < 1.29 is 14.3 Å². The van der Waals surface area contributed by atoms with Crippen molar-refractivity contribution >= 4 is 19.5 Å². The molecular weight excluding hydrogens is 277 g/mol. The number of hydrogen-bond donors (Lipinski definition) is 1. The molecule has 22 heavy (non-hydrogen) atoms. The highest BCUT2D eigenvalue weighted by molar-refractivity contribution is 6.57. The first-order valence-electron chi connectivity index (χ1n) is 7.43. The Hall–Kier alpha value is -1.62. The van der Waals surface area contributed by atoms with Crippen molar-refractivity contribution in [3.8, 4) is 5.75 Å². The summed E-state index contributed by atoms with van der Waals surface area (Å²) in [6, 6.07) is 3.89. The Morgan fingerprint density at radius 1 is 1.23 bits per heavy atom. The highest BCUT2D eigenvalue weighted by atomic mass is 16.5. The van der Waals surface area contributed by atoms with Crippen molar-refractivity contribution in [1.29, 1.82) is 0 Å². The molecule has 0 saturated carbocycles. The van der Waals surface area contributed by atoms with E-state index in [1.54, 1.807) is 7.05 Å². The molecule has 0 bridgehead atoms. The highest BCUT2D eigenvalue weighted by Gasteiger charge is 2.29. The maximum absolute atomic E-state index is 12.0. The molecule has 4 nitrogen and oxygen atoms in total. The van der Waals surface area contributed by atoms with Crippen molar-refractivity contribution in [3.63, 3.8) is 0 Å². The summed E-state index contributed by atoms with van der Waals surface area (Å²) in [7, 11) is 7.15. The number of benzene rings is 1. The van der Waals surface area contributed by atoms with Crippen LogP contribution in [0.1, 0.15) is 43.4 Å². The Morgan fingerprint density at radius 2 is 1.82 bits per heavy atom. The molecule has 0 atom stereocenters. The standard InChI is InChI=1S/C17H24BNO3/c1-11-6-7-12(2)16(22-14(21)8-9-19-5)15(11)17(3,4)10-13(18)20/h6-7,19H,8-10H2,1-5H3. The average Bonchev–Trinajstić information content (AvgIpc) is 2.38. The van der Waals surface area contributed by atoms with E-state index in [0.717, 1.165) is 16.7 Å². The van der Waals surface area contributed by atoms with Crippen LogP contribution >= 0.6 is 0 Å². The lowest BCUT2D eigenvalue weighted by Gasteiger charge is -2.29. The second kappa shape index (κ2) is 7.59. The van der Waals surface area contributed by atoms with Gasteiger partial charge in [0.05, 0.1) is 12.1 Å².